The van der Waals surface area contributed by atoms with Crippen molar-refractivity contribution < 1.29 is 0 Å². The van der Waals surface area contributed by atoms with E-state index in [1.807, 2.05) is 18.2 Å². The van der Waals surface area contributed by atoms with Crippen LogP contribution in [0.3, 0.4) is 0 Å². The van der Waals surface area contributed by atoms with Crippen molar-refractivity contribution in [2.24, 2.45) is 5.73 Å². The number of halogens is 1. The van der Waals surface area contributed by atoms with Crippen molar-refractivity contribution in [1.29, 1.82) is 0 Å². The molecule has 2 N–H and O–H groups in total. The standard InChI is InChI=1S/C16H22ClN3/c1-10(2)20-15-9-11(17)7-8-14(15)19-16(20)12-5-3-4-6-13(12)18/h7-10,12-13H,3-6,18H2,1-2H3. The summed E-state index contributed by atoms with van der Waals surface area (Å²) in [5.74, 6) is 1.52. The zero-order valence-electron chi connectivity index (χ0n) is 12.1. The SMILES string of the molecule is CC(C)n1c(C2CCCCC2N)nc2ccc(Cl)cc21. The summed E-state index contributed by atoms with van der Waals surface area (Å²) >= 11 is 6.15. The Hall–Kier alpha value is -1.06. The third-order valence-electron chi connectivity index (χ3n) is 4.35. The molecule has 0 saturated heterocycles. The second kappa shape index (κ2) is 5.38. The molecule has 3 rings (SSSR count). The number of fused-ring (bicyclic) bond motifs is 1. The van der Waals surface area contributed by atoms with E-state index in [1.165, 1.54) is 12.8 Å². The molecule has 0 bridgehead atoms. The summed E-state index contributed by atoms with van der Waals surface area (Å²) in [5.41, 5.74) is 8.50. The van der Waals surface area contributed by atoms with Crippen LogP contribution >= 0.6 is 11.6 Å². The summed E-state index contributed by atoms with van der Waals surface area (Å²) in [4.78, 5) is 4.87. The van der Waals surface area contributed by atoms with E-state index in [9.17, 15) is 0 Å². The Morgan fingerprint density at radius 1 is 1.30 bits per heavy atom. The molecule has 1 aromatic carbocycles. The van der Waals surface area contributed by atoms with E-state index in [0.29, 0.717) is 12.0 Å². The van der Waals surface area contributed by atoms with Crippen LogP contribution < -0.4 is 5.73 Å². The van der Waals surface area contributed by atoms with Crippen LogP contribution in [0.1, 0.15) is 57.3 Å². The van der Waals surface area contributed by atoms with Crippen molar-refractivity contribution in [1.82, 2.24) is 9.55 Å². The number of nitrogens with zero attached hydrogens (tertiary/aromatic N) is 2. The van der Waals surface area contributed by atoms with Crippen LogP contribution in [0.15, 0.2) is 18.2 Å². The van der Waals surface area contributed by atoms with Gasteiger partial charge in [0.25, 0.3) is 0 Å². The molecule has 2 unspecified atom stereocenters. The molecule has 2 atom stereocenters. The van der Waals surface area contributed by atoms with Gasteiger partial charge in [-0.1, -0.05) is 24.4 Å². The lowest BCUT2D eigenvalue weighted by Crippen LogP contribution is -2.33. The molecule has 0 radical (unpaired) electrons. The van der Waals surface area contributed by atoms with Gasteiger partial charge in [0.05, 0.1) is 11.0 Å². The Morgan fingerprint density at radius 3 is 2.75 bits per heavy atom. The van der Waals surface area contributed by atoms with Crippen LogP contribution in [0.2, 0.25) is 5.02 Å². The highest BCUT2D eigenvalue weighted by molar-refractivity contribution is 6.31. The van der Waals surface area contributed by atoms with E-state index in [2.05, 4.69) is 18.4 Å². The molecule has 4 heteroatoms. The first-order valence-corrected chi connectivity index (χ1v) is 7.88. The molecule has 0 spiro atoms. The van der Waals surface area contributed by atoms with Gasteiger partial charge in [0, 0.05) is 23.0 Å². The highest BCUT2D eigenvalue weighted by atomic mass is 35.5. The lowest BCUT2D eigenvalue weighted by molar-refractivity contribution is 0.360. The summed E-state index contributed by atoms with van der Waals surface area (Å²) in [5, 5.41) is 0.763. The Balaban J connectivity index is 2.16. The van der Waals surface area contributed by atoms with Gasteiger partial charge in [0.2, 0.25) is 0 Å². The maximum atomic E-state index is 6.35. The third kappa shape index (κ3) is 2.33. The second-order valence-corrected chi connectivity index (χ2v) is 6.56. The third-order valence-corrected chi connectivity index (χ3v) is 4.58. The quantitative estimate of drug-likeness (QED) is 0.898. The molecule has 1 fully saturated rings. The van der Waals surface area contributed by atoms with Crippen LogP contribution in [-0.4, -0.2) is 15.6 Å². The maximum Gasteiger partial charge on any atom is 0.114 e. The number of rotatable bonds is 2. The van der Waals surface area contributed by atoms with Gasteiger partial charge in [-0.3, -0.25) is 0 Å². The van der Waals surface area contributed by atoms with E-state index in [0.717, 1.165) is 34.7 Å². The molecule has 0 amide bonds. The molecular weight excluding hydrogens is 270 g/mol. The van der Waals surface area contributed by atoms with Crippen LogP contribution in [0.5, 0.6) is 0 Å². The zero-order valence-corrected chi connectivity index (χ0v) is 12.9. The fraction of sp³-hybridized carbons (Fsp3) is 0.562. The lowest BCUT2D eigenvalue weighted by Gasteiger charge is -2.29. The Morgan fingerprint density at radius 2 is 2.05 bits per heavy atom. The number of imidazole rings is 1. The summed E-state index contributed by atoms with van der Waals surface area (Å²) < 4.78 is 2.32. The minimum Gasteiger partial charge on any atom is -0.327 e. The first-order chi connectivity index (χ1) is 9.58. The van der Waals surface area contributed by atoms with Crippen LogP contribution in [0.4, 0.5) is 0 Å². The fourth-order valence-corrected chi connectivity index (χ4v) is 3.54. The van der Waals surface area contributed by atoms with E-state index >= 15 is 0 Å². The molecule has 1 saturated carbocycles. The number of nitrogens with two attached hydrogens (primary N) is 1. The highest BCUT2D eigenvalue weighted by Gasteiger charge is 2.29. The van der Waals surface area contributed by atoms with Gasteiger partial charge in [0.15, 0.2) is 0 Å². The van der Waals surface area contributed by atoms with Gasteiger partial charge in [-0.15, -0.1) is 0 Å². The summed E-state index contributed by atoms with van der Waals surface area (Å²) in [6.45, 7) is 4.39. The Kier molecular flexibility index (Phi) is 3.74. The molecule has 1 aliphatic rings. The molecule has 3 nitrogen and oxygen atoms in total. The summed E-state index contributed by atoms with van der Waals surface area (Å²) in [7, 11) is 0. The van der Waals surface area contributed by atoms with E-state index in [4.69, 9.17) is 22.3 Å². The highest BCUT2D eigenvalue weighted by Crippen LogP contribution is 2.35. The minimum absolute atomic E-state index is 0.230. The zero-order chi connectivity index (χ0) is 14.3. The number of aromatic nitrogens is 2. The summed E-state index contributed by atoms with van der Waals surface area (Å²) in [6.07, 6.45) is 4.74. The van der Waals surface area contributed by atoms with E-state index in [1.54, 1.807) is 0 Å². The van der Waals surface area contributed by atoms with Crippen molar-refractivity contribution >= 4 is 22.6 Å². The van der Waals surface area contributed by atoms with Crippen LogP contribution in [0.25, 0.3) is 11.0 Å². The van der Waals surface area contributed by atoms with Gasteiger partial charge in [-0.25, -0.2) is 4.98 Å². The summed E-state index contributed by atoms with van der Waals surface area (Å²) in [6, 6.07) is 6.53. The molecule has 2 aromatic rings. The average molecular weight is 292 g/mol. The topological polar surface area (TPSA) is 43.8 Å². The van der Waals surface area contributed by atoms with Crippen molar-refractivity contribution in [2.45, 2.75) is 57.5 Å². The van der Waals surface area contributed by atoms with Crippen molar-refractivity contribution in [3.63, 3.8) is 0 Å². The maximum absolute atomic E-state index is 6.35. The number of benzene rings is 1. The smallest absolute Gasteiger partial charge is 0.114 e. The second-order valence-electron chi connectivity index (χ2n) is 6.12. The Labute approximate surface area is 125 Å². The lowest BCUT2D eigenvalue weighted by atomic mass is 9.84. The normalized spacial score (nSPS) is 23.6. The predicted molar refractivity (Wildman–Crippen MR) is 84.3 cm³/mol. The number of hydrogen-bond acceptors (Lipinski definition) is 2. The van der Waals surface area contributed by atoms with Gasteiger partial charge >= 0.3 is 0 Å². The van der Waals surface area contributed by atoms with E-state index < -0.39 is 0 Å². The van der Waals surface area contributed by atoms with Crippen molar-refractivity contribution in [3.8, 4) is 0 Å². The first kappa shape index (κ1) is 13.9. The average Bonchev–Trinajstić information content (AvgIpc) is 2.77. The van der Waals surface area contributed by atoms with E-state index in [-0.39, 0.29) is 6.04 Å². The molecule has 0 aliphatic heterocycles. The molecular formula is C16H22ClN3. The predicted octanol–water partition coefficient (Wildman–Crippen LogP) is 4.26. The van der Waals surface area contributed by atoms with Crippen LogP contribution in [0, 0.1) is 0 Å². The minimum atomic E-state index is 0.230. The van der Waals surface area contributed by atoms with Gasteiger partial charge < -0.3 is 10.3 Å². The van der Waals surface area contributed by atoms with Gasteiger partial charge in [-0.2, -0.15) is 0 Å². The van der Waals surface area contributed by atoms with Gasteiger partial charge in [0.1, 0.15) is 5.82 Å². The largest absolute Gasteiger partial charge is 0.327 e. The molecule has 1 aliphatic carbocycles. The molecule has 20 heavy (non-hydrogen) atoms. The number of hydrogen-bond donors (Lipinski definition) is 1. The fourth-order valence-electron chi connectivity index (χ4n) is 3.37. The monoisotopic (exact) mass is 291 g/mol. The first-order valence-electron chi connectivity index (χ1n) is 7.51. The van der Waals surface area contributed by atoms with Crippen molar-refractivity contribution in [2.75, 3.05) is 0 Å². The molecule has 108 valence electrons. The van der Waals surface area contributed by atoms with Crippen LogP contribution in [-0.2, 0) is 0 Å². The molecule has 1 heterocycles. The van der Waals surface area contributed by atoms with Gasteiger partial charge in [-0.05, 0) is 44.9 Å². The molecule has 1 aromatic heterocycles. The van der Waals surface area contributed by atoms with Crippen molar-refractivity contribution in [3.05, 3.63) is 29.0 Å². The Bertz CT molecular complexity index is 617.